The molecule has 5 heteroatoms. The lowest BCUT2D eigenvalue weighted by molar-refractivity contribution is 0.632. The first-order valence-electron chi connectivity index (χ1n) is 5.50. The van der Waals surface area contributed by atoms with Gasteiger partial charge in [0.25, 0.3) is 0 Å². The van der Waals surface area contributed by atoms with Gasteiger partial charge in [0.1, 0.15) is 11.6 Å². The van der Waals surface area contributed by atoms with Gasteiger partial charge in [-0.05, 0) is 25.0 Å². The Hall–Kier alpha value is -0.810. The summed E-state index contributed by atoms with van der Waals surface area (Å²) in [5, 5.41) is 0. The van der Waals surface area contributed by atoms with Crippen molar-refractivity contribution in [2.75, 3.05) is 11.2 Å². The number of nitrogen functional groups attached to an aromatic ring is 1. The second kappa shape index (κ2) is 6.70. The Balaban J connectivity index is 2.44. The van der Waals surface area contributed by atoms with E-state index in [1.807, 2.05) is 24.8 Å². The number of hydrogen-bond acceptors (Lipinski definition) is 5. The highest BCUT2D eigenvalue weighted by Crippen LogP contribution is 2.14. The van der Waals surface area contributed by atoms with Gasteiger partial charge in [0.15, 0.2) is 0 Å². The summed E-state index contributed by atoms with van der Waals surface area (Å²) in [6.07, 6.45) is 1.23. The predicted octanol–water partition coefficient (Wildman–Crippen LogP) is 2.35. The number of thioether (sulfide) groups is 1. The Labute approximate surface area is 101 Å². The van der Waals surface area contributed by atoms with Crippen molar-refractivity contribution in [1.82, 2.24) is 9.97 Å². The normalized spacial score (nSPS) is 10.8. The molecule has 1 aromatic rings. The number of rotatable bonds is 6. The number of nitrogens with zero attached hydrogens (tertiary/aromatic N) is 2. The minimum absolute atomic E-state index is 0.687. The van der Waals surface area contributed by atoms with Crippen LogP contribution < -0.4 is 11.3 Å². The Bertz CT molecular complexity index is 328. The zero-order chi connectivity index (χ0) is 12.0. The van der Waals surface area contributed by atoms with Crippen molar-refractivity contribution in [1.29, 1.82) is 0 Å². The van der Waals surface area contributed by atoms with E-state index in [2.05, 4.69) is 29.2 Å². The van der Waals surface area contributed by atoms with E-state index in [4.69, 9.17) is 5.84 Å². The van der Waals surface area contributed by atoms with Gasteiger partial charge in [0.2, 0.25) is 0 Å². The fraction of sp³-hybridized carbons (Fsp3) is 0.636. The number of anilines is 1. The first-order valence-corrected chi connectivity index (χ1v) is 6.66. The average Bonchev–Trinajstić information content (AvgIpc) is 2.23. The third-order valence-electron chi connectivity index (χ3n) is 2.12. The molecule has 1 heterocycles. The molecule has 1 rings (SSSR count). The molecule has 16 heavy (non-hydrogen) atoms. The van der Waals surface area contributed by atoms with Crippen LogP contribution in [0.3, 0.4) is 0 Å². The molecule has 0 aromatic carbocycles. The van der Waals surface area contributed by atoms with Gasteiger partial charge in [-0.2, -0.15) is 11.8 Å². The molecule has 0 aliphatic carbocycles. The van der Waals surface area contributed by atoms with Crippen LogP contribution in [0.4, 0.5) is 5.82 Å². The molecule has 0 amide bonds. The summed E-state index contributed by atoms with van der Waals surface area (Å²) in [6, 6.07) is 1.84. The van der Waals surface area contributed by atoms with E-state index in [9.17, 15) is 0 Å². The molecular formula is C11H20N4S. The molecule has 0 saturated carbocycles. The SMILES string of the molecule is Cc1cc(NN)nc(CSCCC(C)C)n1. The third kappa shape index (κ3) is 4.81. The van der Waals surface area contributed by atoms with Crippen molar-refractivity contribution in [2.45, 2.75) is 32.9 Å². The minimum Gasteiger partial charge on any atom is -0.308 e. The van der Waals surface area contributed by atoms with E-state index in [0.29, 0.717) is 5.82 Å². The van der Waals surface area contributed by atoms with E-state index in [0.717, 1.165) is 28.9 Å². The number of nitrogens with two attached hydrogens (primary N) is 1. The maximum Gasteiger partial charge on any atom is 0.143 e. The minimum atomic E-state index is 0.687. The van der Waals surface area contributed by atoms with Crippen LogP contribution in [0.5, 0.6) is 0 Å². The summed E-state index contributed by atoms with van der Waals surface area (Å²) in [7, 11) is 0. The number of aryl methyl sites for hydroxylation is 1. The van der Waals surface area contributed by atoms with Gasteiger partial charge >= 0.3 is 0 Å². The van der Waals surface area contributed by atoms with Crippen LogP contribution in [0.1, 0.15) is 31.8 Å². The first kappa shape index (κ1) is 13.3. The maximum atomic E-state index is 5.34. The van der Waals surface area contributed by atoms with Crippen LogP contribution in [0, 0.1) is 12.8 Å². The van der Waals surface area contributed by atoms with Crippen molar-refractivity contribution >= 4 is 17.6 Å². The molecule has 0 spiro atoms. The summed E-state index contributed by atoms with van der Waals surface area (Å²) in [6.45, 7) is 6.42. The largest absolute Gasteiger partial charge is 0.308 e. The molecule has 1 aromatic heterocycles. The standard InChI is InChI=1S/C11H20N4S/c1-8(2)4-5-16-7-11-13-9(3)6-10(14-11)15-12/h6,8H,4-5,7,12H2,1-3H3,(H,13,14,15). The fourth-order valence-corrected chi connectivity index (χ4v) is 2.35. The molecule has 0 bridgehead atoms. The van der Waals surface area contributed by atoms with E-state index < -0.39 is 0 Å². The van der Waals surface area contributed by atoms with E-state index in [-0.39, 0.29) is 0 Å². The van der Waals surface area contributed by atoms with E-state index in [1.54, 1.807) is 0 Å². The molecule has 0 atom stereocenters. The van der Waals surface area contributed by atoms with Gasteiger partial charge in [-0.1, -0.05) is 13.8 Å². The van der Waals surface area contributed by atoms with Crippen molar-refractivity contribution in [2.24, 2.45) is 11.8 Å². The topological polar surface area (TPSA) is 63.8 Å². The van der Waals surface area contributed by atoms with Crippen LogP contribution in [-0.4, -0.2) is 15.7 Å². The summed E-state index contributed by atoms with van der Waals surface area (Å²) in [4.78, 5) is 8.67. The molecule has 0 aliphatic rings. The van der Waals surface area contributed by atoms with Gasteiger partial charge in [-0.25, -0.2) is 15.8 Å². The zero-order valence-corrected chi connectivity index (χ0v) is 11.0. The highest BCUT2D eigenvalue weighted by Gasteiger charge is 2.02. The molecule has 4 nitrogen and oxygen atoms in total. The number of aromatic nitrogens is 2. The van der Waals surface area contributed by atoms with Gasteiger partial charge < -0.3 is 5.43 Å². The molecule has 0 fully saturated rings. The van der Waals surface area contributed by atoms with Crippen molar-refractivity contribution in [3.63, 3.8) is 0 Å². The van der Waals surface area contributed by atoms with Gasteiger partial charge in [-0.3, -0.25) is 0 Å². The predicted molar refractivity (Wildman–Crippen MR) is 70.2 cm³/mol. The molecule has 90 valence electrons. The smallest absolute Gasteiger partial charge is 0.143 e. The quantitative estimate of drug-likeness (QED) is 0.454. The van der Waals surface area contributed by atoms with Gasteiger partial charge in [-0.15, -0.1) is 0 Å². The van der Waals surface area contributed by atoms with Crippen LogP contribution in [0.25, 0.3) is 0 Å². The maximum absolute atomic E-state index is 5.34. The van der Waals surface area contributed by atoms with Crippen molar-refractivity contribution < 1.29 is 0 Å². The summed E-state index contributed by atoms with van der Waals surface area (Å²) in [5.74, 6) is 9.63. The van der Waals surface area contributed by atoms with Gasteiger partial charge in [0.05, 0.1) is 5.75 Å². The molecule has 3 N–H and O–H groups in total. The molecule has 0 aliphatic heterocycles. The third-order valence-corrected chi connectivity index (χ3v) is 3.11. The lowest BCUT2D eigenvalue weighted by atomic mass is 10.2. The second-order valence-corrected chi connectivity index (χ2v) is 5.30. The lowest BCUT2D eigenvalue weighted by Crippen LogP contribution is -2.10. The van der Waals surface area contributed by atoms with Crippen molar-refractivity contribution in [3.8, 4) is 0 Å². The van der Waals surface area contributed by atoms with E-state index >= 15 is 0 Å². The number of nitrogens with one attached hydrogen (secondary N) is 1. The summed E-state index contributed by atoms with van der Waals surface area (Å²) >= 11 is 1.87. The Morgan fingerprint density at radius 1 is 1.44 bits per heavy atom. The Kier molecular flexibility index (Phi) is 5.55. The second-order valence-electron chi connectivity index (χ2n) is 4.19. The average molecular weight is 240 g/mol. The first-order chi connectivity index (χ1) is 7.61. The summed E-state index contributed by atoms with van der Waals surface area (Å²) < 4.78 is 0. The number of hydrazine groups is 1. The number of hydrogen-bond donors (Lipinski definition) is 2. The van der Waals surface area contributed by atoms with Crippen LogP contribution in [0.2, 0.25) is 0 Å². The zero-order valence-electron chi connectivity index (χ0n) is 10.2. The van der Waals surface area contributed by atoms with Crippen LogP contribution in [-0.2, 0) is 5.75 Å². The monoisotopic (exact) mass is 240 g/mol. The molecule has 0 unspecified atom stereocenters. The van der Waals surface area contributed by atoms with Crippen LogP contribution in [0.15, 0.2) is 6.07 Å². The Morgan fingerprint density at radius 2 is 2.19 bits per heavy atom. The van der Waals surface area contributed by atoms with Crippen LogP contribution >= 0.6 is 11.8 Å². The molecule has 0 saturated heterocycles. The Morgan fingerprint density at radius 3 is 2.81 bits per heavy atom. The van der Waals surface area contributed by atoms with Crippen molar-refractivity contribution in [3.05, 3.63) is 17.6 Å². The molecule has 0 radical (unpaired) electrons. The lowest BCUT2D eigenvalue weighted by Gasteiger charge is -2.06. The summed E-state index contributed by atoms with van der Waals surface area (Å²) in [5.41, 5.74) is 3.50. The van der Waals surface area contributed by atoms with Gasteiger partial charge in [0, 0.05) is 11.8 Å². The molecular weight excluding hydrogens is 220 g/mol. The fourth-order valence-electron chi connectivity index (χ4n) is 1.25. The van der Waals surface area contributed by atoms with E-state index in [1.165, 1.54) is 6.42 Å². The highest BCUT2D eigenvalue weighted by atomic mass is 32.2. The highest BCUT2D eigenvalue weighted by molar-refractivity contribution is 7.98.